The first-order valence-electron chi connectivity index (χ1n) is 6.77. The zero-order valence-corrected chi connectivity index (χ0v) is 12.0. The van der Waals surface area contributed by atoms with Crippen LogP contribution in [0.25, 0.3) is 0 Å². The van der Waals surface area contributed by atoms with E-state index in [2.05, 4.69) is 10.3 Å². The van der Waals surface area contributed by atoms with Crippen LogP contribution in [0.3, 0.4) is 0 Å². The molecule has 0 unspecified atom stereocenters. The van der Waals surface area contributed by atoms with Gasteiger partial charge in [-0.1, -0.05) is 0 Å². The molecule has 0 radical (unpaired) electrons. The summed E-state index contributed by atoms with van der Waals surface area (Å²) in [5.41, 5.74) is 5.88. The maximum Gasteiger partial charge on any atom is 0.355 e. The predicted molar refractivity (Wildman–Crippen MR) is 75.7 cm³/mol. The normalized spacial score (nSPS) is 22.4. The SMILES string of the molecule is NC1CCC(C(=O)NCCc2nc(C(=O)O)cs2)CC1. The zero-order valence-electron chi connectivity index (χ0n) is 11.2. The van der Waals surface area contributed by atoms with Gasteiger partial charge < -0.3 is 16.2 Å². The molecule has 0 saturated heterocycles. The first-order chi connectivity index (χ1) is 9.56. The molecular weight excluding hydrogens is 278 g/mol. The Morgan fingerprint density at radius 3 is 2.70 bits per heavy atom. The Bertz CT molecular complexity index is 481. The first-order valence-corrected chi connectivity index (χ1v) is 7.65. The van der Waals surface area contributed by atoms with Crippen LogP contribution in [-0.2, 0) is 11.2 Å². The Labute approximate surface area is 121 Å². The van der Waals surface area contributed by atoms with Crippen molar-refractivity contribution in [1.29, 1.82) is 0 Å². The summed E-state index contributed by atoms with van der Waals surface area (Å²) in [6.45, 7) is 0.494. The lowest BCUT2D eigenvalue weighted by molar-refractivity contribution is -0.125. The number of carboxylic acid groups (broad SMARTS) is 1. The molecule has 1 saturated carbocycles. The number of aromatic carboxylic acids is 1. The molecule has 20 heavy (non-hydrogen) atoms. The molecule has 0 aromatic carbocycles. The summed E-state index contributed by atoms with van der Waals surface area (Å²) in [7, 11) is 0. The van der Waals surface area contributed by atoms with Crippen molar-refractivity contribution in [2.24, 2.45) is 11.7 Å². The highest BCUT2D eigenvalue weighted by Gasteiger charge is 2.24. The Morgan fingerprint density at radius 1 is 1.40 bits per heavy atom. The van der Waals surface area contributed by atoms with Gasteiger partial charge in [0.2, 0.25) is 5.91 Å². The average Bonchev–Trinajstić information content (AvgIpc) is 2.88. The van der Waals surface area contributed by atoms with Gasteiger partial charge in [0.1, 0.15) is 0 Å². The highest BCUT2D eigenvalue weighted by Crippen LogP contribution is 2.23. The van der Waals surface area contributed by atoms with Crippen LogP contribution in [0.4, 0.5) is 0 Å². The Hall–Kier alpha value is -1.47. The highest BCUT2D eigenvalue weighted by atomic mass is 32.1. The smallest absolute Gasteiger partial charge is 0.355 e. The lowest BCUT2D eigenvalue weighted by atomic mass is 9.86. The summed E-state index contributed by atoms with van der Waals surface area (Å²) in [5, 5.41) is 13.9. The van der Waals surface area contributed by atoms with Crippen LogP contribution < -0.4 is 11.1 Å². The van der Waals surface area contributed by atoms with Crippen molar-refractivity contribution in [2.45, 2.75) is 38.1 Å². The topological polar surface area (TPSA) is 105 Å². The van der Waals surface area contributed by atoms with E-state index in [-0.39, 0.29) is 23.6 Å². The molecule has 1 aromatic rings. The summed E-state index contributed by atoms with van der Waals surface area (Å²) < 4.78 is 0. The standard InChI is InChI=1S/C13H19N3O3S/c14-9-3-1-8(2-4-9)12(17)15-6-5-11-16-10(7-20-11)13(18)19/h7-9H,1-6,14H2,(H,15,17)(H,18,19). The summed E-state index contributed by atoms with van der Waals surface area (Å²) in [4.78, 5) is 26.6. The minimum absolute atomic E-state index is 0.0672. The van der Waals surface area contributed by atoms with Gasteiger partial charge in [0.25, 0.3) is 0 Å². The number of nitrogens with zero attached hydrogens (tertiary/aromatic N) is 1. The van der Waals surface area contributed by atoms with Crippen molar-refractivity contribution in [3.63, 3.8) is 0 Å². The third kappa shape index (κ3) is 4.01. The number of thiazole rings is 1. The number of hydrogen-bond acceptors (Lipinski definition) is 5. The molecule has 0 bridgehead atoms. The molecule has 1 amide bonds. The molecule has 0 aliphatic heterocycles. The van der Waals surface area contributed by atoms with Gasteiger partial charge >= 0.3 is 5.97 Å². The van der Waals surface area contributed by atoms with Gasteiger partial charge in [-0.15, -0.1) is 11.3 Å². The second-order valence-electron chi connectivity index (χ2n) is 5.08. The van der Waals surface area contributed by atoms with E-state index < -0.39 is 5.97 Å². The van der Waals surface area contributed by atoms with E-state index in [0.717, 1.165) is 30.7 Å². The number of carbonyl (C=O) groups excluding carboxylic acids is 1. The van der Waals surface area contributed by atoms with E-state index >= 15 is 0 Å². The fourth-order valence-corrected chi connectivity index (χ4v) is 3.11. The number of carboxylic acids is 1. The molecule has 4 N–H and O–H groups in total. The molecule has 1 aliphatic carbocycles. The molecule has 1 aliphatic rings. The van der Waals surface area contributed by atoms with E-state index in [1.165, 1.54) is 16.7 Å². The number of amides is 1. The zero-order chi connectivity index (χ0) is 14.5. The fraction of sp³-hybridized carbons (Fsp3) is 0.615. The summed E-state index contributed by atoms with van der Waals surface area (Å²) in [6, 6.07) is 0.240. The minimum Gasteiger partial charge on any atom is -0.476 e. The second-order valence-corrected chi connectivity index (χ2v) is 6.03. The third-order valence-electron chi connectivity index (χ3n) is 3.55. The molecule has 1 heterocycles. The number of carbonyl (C=O) groups is 2. The number of hydrogen-bond donors (Lipinski definition) is 3. The van der Waals surface area contributed by atoms with Crippen molar-refractivity contribution in [3.05, 3.63) is 16.1 Å². The van der Waals surface area contributed by atoms with Crippen molar-refractivity contribution in [1.82, 2.24) is 10.3 Å². The van der Waals surface area contributed by atoms with Gasteiger partial charge in [-0.2, -0.15) is 0 Å². The Balaban J connectivity index is 1.72. The monoisotopic (exact) mass is 297 g/mol. The number of rotatable bonds is 5. The highest BCUT2D eigenvalue weighted by molar-refractivity contribution is 7.09. The largest absolute Gasteiger partial charge is 0.476 e. The molecule has 0 spiro atoms. The summed E-state index contributed by atoms with van der Waals surface area (Å²) >= 11 is 1.31. The van der Waals surface area contributed by atoms with Crippen molar-refractivity contribution >= 4 is 23.2 Å². The van der Waals surface area contributed by atoms with Crippen LogP contribution in [0, 0.1) is 5.92 Å². The van der Waals surface area contributed by atoms with Crippen LogP contribution in [-0.4, -0.2) is 34.6 Å². The molecule has 0 atom stereocenters. The van der Waals surface area contributed by atoms with Gasteiger partial charge in [0.15, 0.2) is 5.69 Å². The van der Waals surface area contributed by atoms with Crippen molar-refractivity contribution in [2.75, 3.05) is 6.54 Å². The maximum absolute atomic E-state index is 11.9. The summed E-state index contributed by atoms with van der Waals surface area (Å²) in [6.07, 6.45) is 4.09. The maximum atomic E-state index is 11.9. The number of nitrogens with one attached hydrogen (secondary N) is 1. The fourth-order valence-electron chi connectivity index (χ4n) is 2.34. The lowest BCUT2D eigenvalue weighted by Gasteiger charge is -2.25. The number of nitrogens with two attached hydrogens (primary N) is 1. The van der Waals surface area contributed by atoms with Crippen molar-refractivity contribution in [3.8, 4) is 0 Å². The van der Waals surface area contributed by atoms with Crippen molar-refractivity contribution < 1.29 is 14.7 Å². The van der Waals surface area contributed by atoms with Gasteiger partial charge in [-0.3, -0.25) is 4.79 Å². The molecule has 110 valence electrons. The second kappa shape index (κ2) is 6.81. The van der Waals surface area contributed by atoms with E-state index in [0.29, 0.717) is 13.0 Å². The molecule has 6 nitrogen and oxygen atoms in total. The van der Waals surface area contributed by atoms with E-state index in [4.69, 9.17) is 10.8 Å². The molecule has 2 rings (SSSR count). The molecule has 1 fully saturated rings. The van der Waals surface area contributed by atoms with Crippen LogP contribution in [0.5, 0.6) is 0 Å². The van der Waals surface area contributed by atoms with E-state index in [1.807, 2.05) is 0 Å². The van der Waals surface area contributed by atoms with Crippen LogP contribution >= 0.6 is 11.3 Å². The average molecular weight is 297 g/mol. The third-order valence-corrected chi connectivity index (χ3v) is 4.46. The molecule has 1 aromatic heterocycles. The minimum atomic E-state index is -1.02. The van der Waals surface area contributed by atoms with Gasteiger partial charge in [-0.05, 0) is 25.7 Å². The van der Waals surface area contributed by atoms with Gasteiger partial charge in [-0.25, -0.2) is 9.78 Å². The van der Waals surface area contributed by atoms with Gasteiger partial charge in [0, 0.05) is 30.3 Å². The first kappa shape index (κ1) is 14.9. The van der Waals surface area contributed by atoms with E-state index in [1.54, 1.807) is 0 Å². The van der Waals surface area contributed by atoms with Crippen LogP contribution in [0.2, 0.25) is 0 Å². The predicted octanol–water partition coefficient (Wildman–Crippen LogP) is 1.02. The molecule has 7 heteroatoms. The Morgan fingerprint density at radius 2 is 2.10 bits per heavy atom. The van der Waals surface area contributed by atoms with Crippen LogP contribution in [0.15, 0.2) is 5.38 Å². The van der Waals surface area contributed by atoms with E-state index in [9.17, 15) is 9.59 Å². The lowest BCUT2D eigenvalue weighted by Crippen LogP contribution is -2.37. The van der Waals surface area contributed by atoms with Crippen LogP contribution in [0.1, 0.15) is 41.2 Å². The Kier molecular flexibility index (Phi) is 5.08. The van der Waals surface area contributed by atoms with Gasteiger partial charge in [0.05, 0.1) is 5.01 Å². The molecular formula is C13H19N3O3S. The summed E-state index contributed by atoms with van der Waals surface area (Å²) in [5.74, 6) is -0.873. The number of aromatic nitrogens is 1. The quantitative estimate of drug-likeness (QED) is 0.752.